The third-order valence-electron chi connectivity index (χ3n) is 1.09. The van der Waals surface area contributed by atoms with E-state index >= 15 is 0 Å². The highest BCUT2D eigenvalue weighted by Crippen LogP contribution is 2.16. The molecule has 0 aliphatic carbocycles. The van der Waals surface area contributed by atoms with Gasteiger partial charge in [0.1, 0.15) is 5.15 Å². The molecule has 1 aromatic heterocycles. The average molecular weight is 191 g/mol. The van der Waals surface area contributed by atoms with Crippen molar-refractivity contribution < 1.29 is 4.79 Å². The molecule has 0 aliphatic rings. The summed E-state index contributed by atoms with van der Waals surface area (Å²) in [4.78, 5) is 14.3. The Morgan fingerprint density at radius 1 is 1.55 bits per heavy atom. The van der Waals surface area contributed by atoms with Crippen LogP contribution >= 0.6 is 23.2 Å². The molecule has 58 valence electrons. The first kappa shape index (κ1) is 8.30. The molecule has 2 N–H and O–H groups in total. The van der Waals surface area contributed by atoms with Gasteiger partial charge in [0.05, 0.1) is 10.6 Å². The van der Waals surface area contributed by atoms with E-state index in [1.165, 1.54) is 12.3 Å². The second kappa shape index (κ2) is 3.07. The van der Waals surface area contributed by atoms with Crippen LogP contribution in [-0.4, -0.2) is 10.9 Å². The lowest BCUT2D eigenvalue weighted by Crippen LogP contribution is -2.11. The van der Waals surface area contributed by atoms with E-state index in [1.807, 2.05) is 0 Å². The van der Waals surface area contributed by atoms with Crippen molar-refractivity contribution in [1.82, 2.24) is 4.98 Å². The Labute approximate surface area is 73.1 Å². The Hall–Kier alpha value is -0.800. The molecule has 5 heteroatoms. The number of primary amides is 1. The summed E-state index contributed by atoms with van der Waals surface area (Å²) >= 11 is 11.1. The topological polar surface area (TPSA) is 56.0 Å². The summed E-state index contributed by atoms with van der Waals surface area (Å²) in [5.74, 6) is -0.612. The van der Waals surface area contributed by atoms with Gasteiger partial charge >= 0.3 is 0 Å². The zero-order chi connectivity index (χ0) is 8.43. The number of rotatable bonds is 1. The number of nitrogens with zero attached hydrogens (tertiary/aromatic N) is 1. The smallest absolute Gasteiger partial charge is 0.250 e. The van der Waals surface area contributed by atoms with Gasteiger partial charge in [-0.05, 0) is 6.07 Å². The molecule has 0 aliphatic heterocycles. The van der Waals surface area contributed by atoms with E-state index < -0.39 is 5.91 Å². The Morgan fingerprint density at radius 3 is 2.64 bits per heavy atom. The lowest BCUT2D eigenvalue weighted by atomic mass is 10.2. The van der Waals surface area contributed by atoms with E-state index in [0.717, 1.165) is 0 Å². The van der Waals surface area contributed by atoms with Gasteiger partial charge in [0, 0.05) is 6.20 Å². The summed E-state index contributed by atoms with van der Waals surface area (Å²) in [7, 11) is 0. The van der Waals surface area contributed by atoms with Gasteiger partial charge in [0.25, 0.3) is 0 Å². The molecule has 1 heterocycles. The second-order valence-corrected chi connectivity index (χ2v) is 2.65. The van der Waals surface area contributed by atoms with Crippen LogP contribution in [-0.2, 0) is 0 Å². The van der Waals surface area contributed by atoms with E-state index in [0.29, 0.717) is 0 Å². The molecular weight excluding hydrogens is 187 g/mol. The first-order chi connectivity index (χ1) is 5.11. The molecule has 0 spiro atoms. The van der Waals surface area contributed by atoms with Gasteiger partial charge in [0.2, 0.25) is 5.91 Å². The van der Waals surface area contributed by atoms with Crippen molar-refractivity contribution in [2.24, 2.45) is 5.73 Å². The maximum Gasteiger partial charge on any atom is 0.250 e. The third-order valence-corrected chi connectivity index (χ3v) is 1.60. The Kier molecular flexibility index (Phi) is 2.31. The lowest BCUT2D eigenvalue weighted by Gasteiger charge is -1.97. The van der Waals surface area contributed by atoms with E-state index in [4.69, 9.17) is 28.9 Å². The van der Waals surface area contributed by atoms with E-state index in [1.54, 1.807) is 0 Å². The van der Waals surface area contributed by atoms with Crippen LogP contribution in [0.5, 0.6) is 0 Å². The quantitative estimate of drug-likeness (QED) is 0.683. The highest BCUT2D eigenvalue weighted by Gasteiger charge is 2.06. The monoisotopic (exact) mass is 190 g/mol. The molecule has 11 heavy (non-hydrogen) atoms. The first-order valence-corrected chi connectivity index (χ1v) is 3.47. The first-order valence-electron chi connectivity index (χ1n) is 2.72. The predicted octanol–water partition coefficient (Wildman–Crippen LogP) is 1.49. The van der Waals surface area contributed by atoms with Crippen LogP contribution in [0.3, 0.4) is 0 Å². The van der Waals surface area contributed by atoms with Crippen molar-refractivity contribution in [1.29, 1.82) is 0 Å². The van der Waals surface area contributed by atoms with Crippen LogP contribution in [0.4, 0.5) is 0 Å². The highest BCUT2D eigenvalue weighted by atomic mass is 35.5. The molecule has 0 fully saturated rings. The van der Waals surface area contributed by atoms with Crippen LogP contribution in [0, 0.1) is 0 Å². The molecule has 1 amide bonds. The molecule has 1 aromatic rings. The van der Waals surface area contributed by atoms with Gasteiger partial charge in [-0.3, -0.25) is 4.79 Å². The maximum atomic E-state index is 10.6. The molecule has 0 bridgehead atoms. The second-order valence-electron chi connectivity index (χ2n) is 1.85. The van der Waals surface area contributed by atoms with Crippen molar-refractivity contribution >= 4 is 29.1 Å². The molecule has 3 nitrogen and oxygen atoms in total. The third kappa shape index (κ3) is 1.82. The van der Waals surface area contributed by atoms with Crippen LogP contribution in [0.2, 0.25) is 10.2 Å². The Balaban J connectivity index is 3.23. The van der Waals surface area contributed by atoms with Crippen molar-refractivity contribution in [3.8, 4) is 0 Å². The molecule has 0 unspecified atom stereocenters. The minimum Gasteiger partial charge on any atom is -0.366 e. The number of carbonyl (C=O) groups excluding carboxylic acids is 1. The molecular formula is C6H4Cl2N2O. The minimum absolute atomic E-state index is 0.187. The fourth-order valence-electron chi connectivity index (χ4n) is 0.602. The van der Waals surface area contributed by atoms with E-state index in [9.17, 15) is 4.79 Å². The number of hydrogen-bond acceptors (Lipinski definition) is 2. The van der Waals surface area contributed by atoms with Gasteiger partial charge in [0.15, 0.2) is 0 Å². The standard InChI is InChI=1S/C6H4Cl2N2O/c7-4-2-10-5(8)1-3(4)6(9)11/h1-2H,(H2,9,11). The number of pyridine rings is 1. The number of nitrogens with two attached hydrogens (primary N) is 1. The molecule has 0 aromatic carbocycles. The highest BCUT2D eigenvalue weighted by molar-refractivity contribution is 6.35. The molecule has 1 rings (SSSR count). The summed E-state index contributed by atoms with van der Waals surface area (Å²) in [5.41, 5.74) is 5.16. The zero-order valence-electron chi connectivity index (χ0n) is 5.34. The summed E-state index contributed by atoms with van der Waals surface area (Å²) in [5, 5.41) is 0.408. The maximum absolute atomic E-state index is 10.6. The van der Waals surface area contributed by atoms with Crippen molar-refractivity contribution in [3.63, 3.8) is 0 Å². The number of halogens is 2. The van der Waals surface area contributed by atoms with Gasteiger partial charge in [-0.15, -0.1) is 0 Å². The number of amides is 1. The zero-order valence-corrected chi connectivity index (χ0v) is 6.86. The van der Waals surface area contributed by atoms with Crippen molar-refractivity contribution in [3.05, 3.63) is 28.0 Å². The Morgan fingerprint density at radius 2 is 2.18 bits per heavy atom. The average Bonchev–Trinajstić information content (AvgIpc) is 1.94. The van der Waals surface area contributed by atoms with Gasteiger partial charge < -0.3 is 5.73 Å². The fourth-order valence-corrected chi connectivity index (χ4v) is 0.956. The lowest BCUT2D eigenvalue weighted by molar-refractivity contribution is 0.100. The number of aromatic nitrogens is 1. The summed E-state index contributed by atoms with van der Waals surface area (Å²) in [6.45, 7) is 0. The van der Waals surface area contributed by atoms with Crippen LogP contribution in [0.15, 0.2) is 12.3 Å². The van der Waals surface area contributed by atoms with Gasteiger partial charge in [-0.25, -0.2) is 4.98 Å². The van der Waals surface area contributed by atoms with E-state index in [2.05, 4.69) is 4.98 Å². The largest absolute Gasteiger partial charge is 0.366 e. The van der Waals surface area contributed by atoms with Crippen molar-refractivity contribution in [2.75, 3.05) is 0 Å². The number of carbonyl (C=O) groups is 1. The molecule has 0 saturated heterocycles. The molecule has 0 radical (unpaired) electrons. The van der Waals surface area contributed by atoms with Crippen molar-refractivity contribution in [2.45, 2.75) is 0 Å². The molecule has 0 atom stereocenters. The number of hydrogen-bond donors (Lipinski definition) is 1. The normalized spacial score (nSPS) is 9.64. The van der Waals surface area contributed by atoms with E-state index in [-0.39, 0.29) is 15.7 Å². The van der Waals surface area contributed by atoms with Crippen LogP contribution in [0.1, 0.15) is 10.4 Å². The minimum atomic E-state index is -0.612. The SMILES string of the molecule is NC(=O)c1cc(Cl)ncc1Cl. The van der Waals surface area contributed by atoms with Gasteiger partial charge in [-0.2, -0.15) is 0 Å². The van der Waals surface area contributed by atoms with Gasteiger partial charge in [-0.1, -0.05) is 23.2 Å². The summed E-state index contributed by atoms with van der Waals surface area (Å²) in [6.07, 6.45) is 1.28. The molecule has 0 saturated carbocycles. The van der Waals surface area contributed by atoms with Crippen LogP contribution < -0.4 is 5.73 Å². The summed E-state index contributed by atoms with van der Waals surface area (Å²) < 4.78 is 0. The Bertz CT molecular complexity index is 301. The summed E-state index contributed by atoms with van der Waals surface area (Å²) in [6, 6.07) is 1.33. The fraction of sp³-hybridized carbons (Fsp3) is 0. The van der Waals surface area contributed by atoms with Crippen LogP contribution in [0.25, 0.3) is 0 Å². The predicted molar refractivity (Wildman–Crippen MR) is 42.8 cm³/mol.